The lowest BCUT2D eigenvalue weighted by Gasteiger charge is -2.29. The summed E-state index contributed by atoms with van der Waals surface area (Å²) >= 11 is 0. The molecular formula is C31H41N3O3. The molecule has 0 saturated heterocycles. The molecular weight excluding hydrogens is 462 g/mol. The van der Waals surface area contributed by atoms with Crippen LogP contribution >= 0.6 is 0 Å². The van der Waals surface area contributed by atoms with Gasteiger partial charge in [-0.2, -0.15) is 0 Å². The average molecular weight is 504 g/mol. The number of rotatable bonds is 14. The van der Waals surface area contributed by atoms with Crippen LogP contribution in [0, 0.1) is 5.92 Å². The summed E-state index contributed by atoms with van der Waals surface area (Å²) in [5.41, 5.74) is 3.24. The number of benzene rings is 2. The van der Waals surface area contributed by atoms with Gasteiger partial charge in [-0.1, -0.05) is 69.7 Å². The number of nitrogens with zero attached hydrogens (tertiary/aromatic N) is 3. The van der Waals surface area contributed by atoms with E-state index in [9.17, 15) is 9.59 Å². The minimum absolute atomic E-state index is 0.0359. The molecule has 1 aromatic heterocycles. The number of aromatic nitrogens is 1. The molecule has 3 aromatic rings. The number of carbonyl (C=O) groups is 2. The number of amides is 2. The summed E-state index contributed by atoms with van der Waals surface area (Å²) in [6, 6.07) is 22.1. The van der Waals surface area contributed by atoms with Crippen molar-refractivity contribution < 1.29 is 14.3 Å². The van der Waals surface area contributed by atoms with Gasteiger partial charge >= 0.3 is 0 Å². The molecule has 0 aliphatic rings. The van der Waals surface area contributed by atoms with E-state index in [1.165, 1.54) is 0 Å². The third-order valence-corrected chi connectivity index (χ3v) is 6.38. The van der Waals surface area contributed by atoms with E-state index < -0.39 is 0 Å². The summed E-state index contributed by atoms with van der Waals surface area (Å²) in [6.45, 7) is 8.53. The van der Waals surface area contributed by atoms with Crippen molar-refractivity contribution in [2.45, 2.75) is 59.7 Å². The summed E-state index contributed by atoms with van der Waals surface area (Å²) < 4.78 is 7.55. The van der Waals surface area contributed by atoms with Gasteiger partial charge < -0.3 is 19.1 Å². The van der Waals surface area contributed by atoms with Crippen LogP contribution in [0.5, 0.6) is 5.75 Å². The molecule has 0 saturated carbocycles. The first-order valence-electron chi connectivity index (χ1n) is 13.3. The molecule has 0 aliphatic heterocycles. The van der Waals surface area contributed by atoms with Crippen LogP contribution in [0.25, 0.3) is 0 Å². The van der Waals surface area contributed by atoms with Crippen LogP contribution in [0.15, 0.2) is 72.9 Å². The molecule has 2 amide bonds. The van der Waals surface area contributed by atoms with Crippen LogP contribution in [-0.2, 0) is 29.2 Å². The molecule has 1 heterocycles. The van der Waals surface area contributed by atoms with E-state index in [0.717, 1.165) is 35.4 Å². The monoisotopic (exact) mass is 503 g/mol. The van der Waals surface area contributed by atoms with Crippen molar-refractivity contribution in [3.63, 3.8) is 0 Å². The number of methoxy groups -OCH3 is 1. The molecule has 37 heavy (non-hydrogen) atoms. The van der Waals surface area contributed by atoms with Gasteiger partial charge in [0.25, 0.3) is 0 Å². The first kappa shape index (κ1) is 28.0. The molecule has 0 aliphatic carbocycles. The Morgan fingerprint density at radius 2 is 1.65 bits per heavy atom. The molecule has 198 valence electrons. The predicted octanol–water partition coefficient (Wildman–Crippen LogP) is 5.75. The summed E-state index contributed by atoms with van der Waals surface area (Å²) in [6.07, 6.45) is 4.36. The van der Waals surface area contributed by atoms with Crippen LogP contribution in [0.4, 0.5) is 0 Å². The van der Waals surface area contributed by atoms with E-state index in [2.05, 4.69) is 23.6 Å². The van der Waals surface area contributed by atoms with Crippen molar-refractivity contribution in [1.82, 2.24) is 14.4 Å². The van der Waals surface area contributed by atoms with Crippen molar-refractivity contribution in [2.24, 2.45) is 5.92 Å². The Hall–Kier alpha value is -3.54. The van der Waals surface area contributed by atoms with Crippen LogP contribution in [-0.4, -0.2) is 46.4 Å². The third-order valence-electron chi connectivity index (χ3n) is 6.38. The molecule has 0 spiro atoms. The lowest BCUT2D eigenvalue weighted by Crippen LogP contribution is -2.43. The van der Waals surface area contributed by atoms with E-state index in [-0.39, 0.29) is 24.3 Å². The highest BCUT2D eigenvalue weighted by Gasteiger charge is 2.23. The maximum atomic E-state index is 13.7. The predicted molar refractivity (Wildman–Crippen MR) is 148 cm³/mol. The highest BCUT2D eigenvalue weighted by Crippen LogP contribution is 2.17. The van der Waals surface area contributed by atoms with Gasteiger partial charge in [-0.15, -0.1) is 0 Å². The first-order valence-corrected chi connectivity index (χ1v) is 13.3. The largest absolute Gasteiger partial charge is 0.497 e. The molecule has 0 atom stereocenters. The Balaban J connectivity index is 1.81. The zero-order valence-electron chi connectivity index (χ0n) is 22.7. The number of unbranched alkanes of at least 4 members (excludes halogenated alkanes) is 1. The molecule has 6 heteroatoms. The lowest BCUT2D eigenvalue weighted by molar-refractivity contribution is -0.141. The van der Waals surface area contributed by atoms with E-state index in [1.807, 2.05) is 79.5 Å². The van der Waals surface area contributed by atoms with Crippen molar-refractivity contribution >= 4 is 11.8 Å². The Labute approximate surface area is 221 Å². The van der Waals surface area contributed by atoms with E-state index in [1.54, 1.807) is 12.0 Å². The fourth-order valence-electron chi connectivity index (χ4n) is 4.33. The molecule has 2 aromatic carbocycles. The first-order chi connectivity index (χ1) is 17.9. The van der Waals surface area contributed by atoms with Gasteiger partial charge in [0, 0.05) is 37.9 Å². The van der Waals surface area contributed by atoms with Crippen LogP contribution < -0.4 is 4.74 Å². The van der Waals surface area contributed by atoms with Crippen molar-refractivity contribution in [3.8, 4) is 5.75 Å². The lowest BCUT2D eigenvalue weighted by atomic mass is 10.1. The Morgan fingerprint density at radius 1 is 0.892 bits per heavy atom. The molecule has 0 fully saturated rings. The minimum atomic E-state index is -0.0359. The second-order valence-corrected chi connectivity index (χ2v) is 9.98. The normalized spacial score (nSPS) is 10.9. The SMILES string of the molecule is CCCCN(CC(=O)N(Cc1ccccc1)Cc1cccn1Cc1cccc(OC)c1)C(=O)CC(C)C. The highest BCUT2D eigenvalue weighted by atomic mass is 16.5. The topological polar surface area (TPSA) is 54.8 Å². The Bertz CT molecular complexity index is 1120. The van der Waals surface area contributed by atoms with E-state index in [4.69, 9.17) is 4.74 Å². The average Bonchev–Trinajstić information content (AvgIpc) is 3.32. The summed E-state index contributed by atoms with van der Waals surface area (Å²) in [5.74, 6) is 1.10. The minimum Gasteiger partial charge on any atom is -0.497 e. The van der Waals surface area contributed by atoms with Gasteiger partial charge in [-0.25, -0.2) is 0 Å². The summed E-state index contributed by atoms with van der Waals surface area (Å²) in [5, 5.41) is 0. The number of ether oxygens (including phenoxy) is 1. The van der Waals surface area contributed by atoms with Crippen LogP contribution in [0.3, 0.4) is 0 Å². The van der Waals surface area contributed by atoms with Gasteiger partial charge in [-0.3, -0.25) is 9.59 Å². The molecule has 0 radical (unpaired) electrons. The van der Waals surface area contributed by atoms with Crippen molar-refractivity contribution in [3.05, 3.63) is 89.7 Å². The number of hydrogen-bond donors (Lipinski definition) is 0. The second-order valence-electron chi connectivity index (χ2n) is 9.98. The van der Waals surface area contributed by atoms with Gasteiger partial charge in [0.1, 0.15) is 5.75 Å². The molecule has 0 bridgehead atoms. The number of carbonyl (C=O) groups excluding carboxylic acids is 2. The zero-order valence-corrected chi connectivity index (χ0v) is 22.7. The van der Waals surface area contributed by atoms with Gasteiger partial charge in [-0.05, 0) is 47.7 Å². The summed E-state index contributed by atoms with van der Waals surface area (Å²) in [7, 11) is 1.67. The quantitative estimate of drug-likeness (QED) is 0.282. The summed E-state index contributed by atoms with van der Waals surface area (Å²) in [4.78, 5) is 30.3. The molecule has 0 unspecified atom stereocenters. The standard InChI is InChI=1S/C31H41N3O3/c1-5-6-17-33(30(35)19-25(2)3)24-31(36)34(21-26-12-8-7-9-13-26)23-28-15-11-18-32(28)22-27-14-10-16-29(20-27)37-4/h7-16,18,20,25H,5-6,17,19,21-24H2,1-4H3. The molecule has 6 nitrogen and oxygen atoms in total. The Morgan fingerprint density at radius 3 is 2.35 bits per heavy atom. The van der Waals surface area contributed by atoms with Gasteiger partial charge in [0.2, 0.25) is 11.8 Å². The highest BCUT2D eigenvalue weighted by molar-refractivity contribution is 5.85. The fraction of sp³-hybridized carbons (Fsp3) is 0.419. The smallest absolute Gasteiger partial charge is 0.242 e. The van der Waals surface area contributed by atoms with Gasteiger partial charge in [0.05, 0.1) is 20.2 Å². The Kier molecular flexibility index (Phi) is 10.8. The van der Waals surface area contributed by atoms with E-state index >= 15 is 0 Å². The van der Waals surface area contributed by atoms with Crippen molar-refractivity contribution in [1.29, 1.82) is 0 Å². The fourth-order valence-corrected chi connectivity index (χ4v) is 4.33. The maximum absolute atomic E-state index is 13.7. The van der Waals surface area contributed by atoms with Crippen LogP contribution in [0.1, 0.15) is 56.9 Å². The molecule has 0 N–H and O–H groups in total. The second kappa shape index (κ2) is 14.3. The van der Waals surface area contributed by atoms with Crippen LogP contribution in [0.2, 0.25) is 0 Å². The van der Waals surface area contributed by atoms with E-state index in [0.29, 0.717) is 32.6 Å². The number of hydrogen-bond acceptors (Lipinski definition) is 3. The zero-order chi connectivity index (χ0) is 26.6. The van der Waals surface area contributed by atoms with Gasteiger partial charge in [0.15, 0.2) is 0 Å². The molecule has 3 rings (SSSR count). The van der Waals surface area contributed by atoms with Crippen molar-refractivity contribution in [2.75, 3.05) is 20.2 Å². The maximum Gasteiger partial charge on any atom is 0.242 e. The third kappa shape index (κ3) is 8.81.